The summed E-state index contributed by atoms with van der Waals surface area (Å²) >= 11 is 0. The molecule has 11 nitrogen and oxygen atoms in total. The number of benzene rings is 4. The third kappa shape index (κ3) is 4.08. The molecule has 41 heavy (non-hydrogen) atoms. The Morgan fingerprint density at radius 2 is 1.10 bits per heavy atom. The van der Waals surface area contributed by atoms with Crippen molar-refractivity contribution in [3.8, 4) is 74.0 Å². The van der Waals surface area contributed by atoms with Crippen LogP contribution in [0.25, 0.3) is 55.7 Å². The van der Waals surface area contributed by atoms with Gasteiger partial charge in [-0.3, -0.25) is 9.59 Å². The van der Waals surface area contributed by atoms with Crippen LogP contribution in [-0.2, 0) is 0 Å². The largest absolute Gasteiger partial charge is 0.508 e. The van der Waals surface area contributed by atoms with E-state index < -0.39 is 45.2 Å². The summed E-state index contributed by atoms with van der Waals surface area (Å²) in [6, 6.07) is 13.3. The highest BCUT2D eigenvalue weighted by atomic mass is 16.3. The van der Waals surface area contributed by atoms with Crippen LogP contribution in [0.5, 0.6) is 40.2 Å². The van der Waals surface area contributed by atoms with E-state index in [1.807, 2.05) is 0 Å². The number of hydrogen-bond donors (Lipinski definition) is 7. The molecule has 7 N–H and O–H groups in total. The molecule has 0 bridgehead atoms. The summed E-state index contributed by atoms with van der Waals surface area (Å²) in [6.07, 6.45) is 0. The summed E-state index contributed by atoms with van der Waals surface area (Å²) in [5.74, 6) is -3.79. The topological polar surface area (TPSA) is 202 Å². The Morgan fingerprint density at radius 1 is 0.488 bits per heavy atom. The minimum absolute atomic E-state index is 0.00127. The molecular weight excluding hydrogens is 536 g/mol. The molecule has 6 aromatic rings. The molecule has 0 atom stereocenters. The fourth-order valence-electron chi connectivity index (χ4n) is 4.67. The zero-order valence-corrected chi connectivity index (χ0v) is 20.6. The molecule has 0 spiro atoms. The molecule has 11 heteroatoms. The van der Waals surface area contributed by atoms with Crippen molar-refractivity contribution in [2.24, 2.45) is 0 Å². The van der Waals surface area contributed by atoms with Gasteiger partial charge in [-0.25, -0.2) is 0 Å². The van der Waals surface area contributed by atoms with Crippen LogP contribution in [0.2, 0.25) is 0 Å². The molecule has 0 saturated heterocycles. The summed E-state index contributed by atoms with van der Waals surface area (Å²) in [6.45, 7) is 0. The summed E-state index contributed by atoms with van der Waals surface area (Å²) in [4.78, 5) is 25.8. The monoisotopic (exact) mass is 554 g/mol. The lowest BCUT2D eigenvalue weighted by molar-refractivity contribution is 0.404. The second-order valence-corrected chi connectivity index (χ2v) is 9.22. The van der Waals surface area contributed by atoms with Gasteiger partial charge in [-0.15, -0.1) is 0 Å². The Bertz CT molecular complexity index is 2160. The second-order valence-electron chi connectivity index (χ2n) is 9.22. The van der Waals surface area contributed by atoms with Crippen molar-refractivity contribution in [1.82, 2.24) is 0 Å². The van der Waals surface area contributed by atoms with E-state index >= 15 is 0 Å². The van der Waals surface area contributed by atoms with E-state index in [9.17, 15) is 45.3 Å². The summed E-state index contributed by atoms with van der Waals surface area (Å²) < 4.78 is 11.4. The van der Waals surface area contributed by atoms with Crippen LogP contribution in [0, 0.1) is 0 Å². The smallest absolute Gasteiger partial charge is 0.197 e. The molecule has 0 fully saturated rings. The molecule has 0 radical (unpaired) electrons. The summed E-state index contributed by atoms with van der Waals surface area (Å²) in [5.41, 5.74) is -2.00. The maximum absolute atomic E-state index is 13.1. The number of phenols is 7. The van der Waals surface area contributed by atoms with Crippen molar-refractivity contribution < 1.29 is 44.6 Å². The number of phenolic OH excluding ortho intramolecular Hbond substituents is 7. The molecule has 2 aromatic heterocycles. The molecule has 4 aromatic carbocycles. The van der Waals surface area contributed by atoms with Crippen molar-refractivity contribution >= 4 is 21.9 Å². The zero-order chi connectivity index (χ0) is 29.2. The lowest BCUT2D eigenvalue weighted by Gasteiger charge is -2.14. The molecule has 2 heterocycles. The maximum atomic E-state index is 13.1. The first-order valence-electron chi connectivity index (χ1n) is 11.9. The average Bonchev–Trinajstić information content (AvgIpc) is 2.90. The first kappa shape index (κ1) is 25.2. The number of hydrogen-bond acceptors (Lipinski definition) is 11. The van der Waals surface area contributed by atoms with Gasteiger partial charge in [-0.2, -0.15) is 0 Å². The standard InChI is InChI=1S/C30H18O11/c31-14-3-1-12(2-4-14)22-10-20(36)28-25(40-22)11-18(34)26(30(28)39)16-5-13(6-21(37)29(16)38)23-9-19(35)27-17(33)7-15(32)8-24(27)41-23/h1-11,31-34,37-39H. The van der Waals surface area contributed by atoms with Gasteiger partial charge < -0.3 is 44.6 Å². The van der Waals surface area contributed by atoms with Crippen LogP contribution >= 0.6 is 0 Å². The van der Waals surface area contributed by atoms with E-state index in [0.717, 1.165) is 36.4 Å². The van der Waals surface area contributed by atoms with Gasteiger partial charge in [0.15, 0.2) is 22.4 Å². The number of rotatable bonds is 3. The van der Waals surface area contributed by atoms with E-state index in [4.69, 9.17) is 8.83 Å². The SMILES string of the molecule is O=c1cc(-c2cc(O)c(O)c(-c3c(O)cc4oc(-c5ccc(O)cc5)cc(=O)c4c3O)c2)oc2cc(O)cc(O)c12. The Balaban J connectivity index is 1.56. The lowest BCUT2D eigenvalue weighted by atomic mass is 9.96. The van der Waals surface area contributed by atoms with Crippen molar-refractivity contribution in [3.05, 3.63) is 87.2 Å². The molecule has 0 saturated carbocycles. The fourth-order valence-corrected chi connectivity index (χ4v) is 4.67. The van der Waals surface area contributed by atoms with Gasteiger partial charge in [0.1, 0.15) is 62.2 Å². The van der Waals surface area contributed by atoms with Crippen LogP contribution in [0.4, 0.5) is 0 Å². The van der Waals surface area contributed by atoms with Crippen molar-refractivity contribution in [2.45, 2.75) is 0 Å². The second kappa shape index (κ2) is 8.99. The van der Waals surface area contributed by atoms with Gasteiger partial charge in [-0.05, 0) is 36.4 Å². The Morgan fingerprint density at radius 3 is 1.78 bits per heavy atom. The highest BCUT2D eigenvalue weighted by Crippen LogP contribution is 2.49. The Kier molecular flexibility index (Phi) is 5.52. The third-order valence-electron chi connectivity index (χ3n) is 6.56. The predicted molar refractivity (Wildman–Crippen MR) is 146 cm³/mol. The minimum atomic E-state index is -0.762. The minimum Gasteiger partial charge on any atom is -0.508 e. The van der Waals surface area contributed by atoms with E-state index in [1.54, 1.807) is 0 Å². The molecule has 0 unspecified atom stereocenters. The molecule has 0 aliphatic carbocycles. The highest BCUT2D eigenvalue weighted by molar-refractivity contribution is 5.98. The average molecular weight is 554 g/mol. The molecule has 204 valence electrons. The van der Waals surface area contributed by atoms with E-state index in [1.165, 1.54) is 30.3 Å². The maximum Gasteiger partial charge on any atom is 0.197 e. The van der Waals surface area contributed by atoms with Crippen molar-refractivity contribution in [3.63, 3.8) is 0 Å². The predicted octanol–water partition coefficient (Wildman–Crippen LogP) is 4.84. The molecule has 0 amide bonds. The first-order valence-corrected chi connectivity index (χ1v) is 11.9. The van der Waals surface area contributed by atoms with Crippen LogP contribution < -0.4 is 10.9 Å². The van der Waals surface area contributed by atoms with Gasteiger partial charge in [0.2, 0.25) is 0 Å². The Labute approximate surface area is 227 Å². The van der Waals surface area contributed by atoms with Crippen LogP contribution in [0.15, 0.2) is 85.2 Å². The first-order chi connectivity index (χ1) is 19.5. The van der Waals surface area contributed by atoms with E-state index in [-0.39, 0.29) is 56.1 Å². The van der Waals surface area contributed by atoms with Crippen LogP contribution in [0.3, 0.4) is 0 Å². The van der Waals surface area contributed by atoms with Crippen molar-refractivity contribution in [1.29, 1.82) is 0 Å². The fraction of sp³-hybridized carbons (Fsp3) is 0. The van der Waals surface area contributed by atoms with Gasteiger partial charge in [0, 0.05) is 47.0 Å². The Hall–Kier alpha value is -6.10. The zero-order valence-electron chi connectivity index (χ0n) is 20.6. The summed E-state index contributed by atoms with van der Waals surface area (Å²) in [5, 5.41) is 72.0. The van der Waals surface area contributed by atoms with Crippen LogP contribution in [-0.4, -0.2) is 35.7 Å². The molecule has 0 aliphatic rings. The summed E-state index contributed by atoms with van der Waals surface area (Å²) in [7, 11) is 0. The van der Waals surface area contributed by atoms with Gasteiger partial charge >= 0.3 is 0 Å². The van der Waals surface area contributed by atoms with Gasteiger partial charge in [0.05, 0.1) is 5.56 Å². The number of fused-ring (bicyclic) bond motifs is 2. The third-order valence-corrected chi connectivity index (χ3v) is 6.56. The van der Waals surface area contributed by atoms with Crippen molar-refractivity contribution in [2.75, 3.05) is 0 Å². The quantitative estimate of drug-likeness (QED) is 0.148. The van der Waals surface area contributed by atoms with Crippen LogP contribution in [0.1, 0.15) is 0 Å². The number of aromatic hydroxyl groups is 7. The van der Waals surface area contributed by atoms with E-state index in [2.05, 4.69) is 0 Å². The van der Waals surface area contributed by atoms with E-state index in [0.29, 0.717) is 5.56 Å². The highest BCUT2D eigenvalue weighted by Gasteiger charge is 2.24. The van der Waals surface area contributed by atoms with Gasteiger partial charge in [0.25, 0.3) is 0 Å². The molecular formula is C30H18O11. The normalized spacial score (nSPS) is 11.3. The molecule has 0 aliphatic heterocycles. The van der Waals surface area contributed by atoms with Gasteiger partial charge in [-0.1, -0.05) is 0 Å². The lowest BCUT2D eigenvalue weighted by Crippen LogP contribution is -2.02. The molecule has 6 rings (SSSR count).